The first-order valence-electron chi connectivity index (χ1n) is 15.0. The van der Waals surface area contributed by atoms with Gasteiger partial charge >= 0.3 is 0 Å². The van der Waals surface area contributed by atoms with Crippen LogP contribution in [0.5, 0.6) is 5.75 Å². The number of pyridine rings is 1. The Hall–Kier alpha value is -3.41. The molecule has 2 aromatic heterocycles. The van der Waals surface area contributed by atoms with Crippen LogP contribution in [-0.4, -0.2) is 86.6 Å². The maximum atomic E-state index is 14.1. The van der Waals surface area contributed by atoms with Crippen LogP contribution in [0.4, 0.5) is 5.69 Å². The van der Waals surface area contributed by atoms with Gasteiger partial charge in [0, 0.05) is 69.7 Å². The average molecular weight is 610 g/mol. The zero-order valence-electron chi connectivity index (χ0n) is 25.6. The van der Waals surface area contributed by atoms with E-state index in [9.17, 15) is 13.2 Å². The molecule has 1 aromatic carbocycles. The monoisotopic (exact) mass is 609 g/mol. The highest BCUT2D eigenvalue weighted by molar-refractivity contribution is 7.89. The van der Waals surface area contributed by atoms with Gasteiger partial charge in [-0.05, 0) is 86.6 Å². The quantitative estimate of drug-likeness (QED) is 0.324. The molecule has 2 aliphatic heterocycles. The van der Waals surface area contributed by atoms with Gasteiger partial charge < -0.3 is 23.8 Å². The largest absolute Gasteiger partial charge is 0.497 e. The van der Waals surface area contributed by atoms with Crippen molar-refractivity contribution in [3.63, 3.8) is 0 Å². The lowest BCUT2D eigenvalue weighted by Crippen LogP contribution is -2.44. The van der Waals surface area contributed by atoms with Crippen LogP contribution in [0.15, 0.2) is 59.9 Å². The number of sulfonamides is 1. The van der Waals surface area contributed by atoms with Gasteiger partial charge in [0.25, 0.3) is 0 Å². The minimum absolute atomic E-state index is 0.0878. The third-order valence-corrected chi connectivity index (χ3v) is 11.0. The van der Waals surface area contributed by atoms with Gasteiger partial charge in [-0.3, -0.25) is 9.78 Å². The van der Waals surface area contributed by atoms with Crippen molar-refractivity contribution in [3.8, 4) is 5.75 Å². The Morgan fingerprint density at radius 1 is 1.05 bits per heavy atom. The predicted octanol–water partition coefficient (Wildman–Crippen LogP) is 4.04. The molecule has 1 saturated heterocycles. The summed E-state index contributed by atoms with van der Waals surface area (Å²) in [5, 5.41) is 0. The highest BCUT2D eigenvalue weighted by Gasteiger charge is 2.38. The lowest BCUT2D eigenvalue weighted by Gasteiger charge is -2.36. The fourth-order valence-corrected chi connectivity index (χ4v) is 8.35. The number of hydrogen-bond acceptors (Lipinski definition) is 7. The number of carbonyl (C=O) groups is 1. The van der Waals surface area contributed by atoms with Gasteiger partial charge in [0.2, 0.25) is 15.9 Å². The number of ether oxygens (including phenoxy) is 2. The van der Waals surface area contributed by atoms with Crippen molar-refractivity contribution in [2.24, 2.45) is 5.92 Å². The summed E-state index contributed by atoms with van der Waals surface area (Å²) in [5.74, 6) is 1.10. The zero-order chi connectivity index (χ0) is 30.6. The van der Waals surface area contributed by atoms with E-state index in [4.69, 9.17) is 9.47 Å². The van der Waals surface area contributed by atoms with Gasteiger partial charge in [-0.2, -0.15) is 4.31 Å². The van der Waals surface area contributed by atoms with Crippen LogP contribution in [0.25, 0.3) is 0 Å². The molecule has 0 radical (unpaired) electrons. The molecule has 1 unspecified atom stereocenters. The van der Waals surface area contributed by atoms with E-state index < -0.39 is 16.1 Å². The predicted molar refractivity (Wildman–Crippen MR) is 166 cm³/mol. The maximum absolute atomic E-state index is 14.1. The molecule has 11 heteroatoms. The van der Waals surface area contributed by atoms with Crippen molar-refractivity contribution in [1.29, 1.82) is 0 Å². The summed E-state index contributed by atoms with van der Waals surface area (Å²) < 4.78 is 43.0. The van der Waals surface area contributed by atoms with Crippen LogP contribution in [0, 0.1) is 19.8 Å². The number of nitrogens with zero attached hydrogens (tertiary/aromatic N) is 5. The summed E-state index contributed by atoms with van der Waals surface area (Å²) in [4.78, 5) is 21.5. The van der Waals surface area contributed by atoms with E-state index in [2.05, 4.69) is 14.5 Å². The maximum Gasteiger partial charge on any atom is 0.248 e. The number of aromatic nitrogens is 2. The third kappa shape index (κ3) is 6.89. The van der Waals surface area contributed by atoms with Crippen LogP contribution in [0.3, 0.4) is 0 Å². The lowest BCUT2D eigenvalue weighted by molar-refractivity contribution is -0.135. The number of fused-ring (bicyclic) bond motifs is 1. The number of methoxy groups -OCH3 is 1. The second-order valence-corrected chi connectivity index (χ2v) is 13.4. The van der Waals surface area contributed by atoms with E-state index in [1.165, 1.54) is 9.99 Å². The van der Waals surface area contributed by atoms with Crippen LogP contribution in [0.2, 0.25) is 0 Å². The number of piperidine rings is 1. The first-order chi connectivity index (χ1) is 20.7. The summed E-state index contributed by atoms with van der Waals surface area (Å²) in [6.07, 6.45) is 8.76. The molecular weight excluding hydrogens is 566 g/mol. The molecule has 4 heterocycles. The molecular formula is C32H43N5O5S. The number of rotatable bonds is 11. The van der Waals surface area contributed by atoms with Crippen molar-refractivity contribution in [3.05, 3.63) is 71.8 Å². The molecule has 0 spiro atoms. The number of hydrogen-bond donors (Lipinski definition) is 0. The Bertz CT molecular complexity index is 1480. The lowest BCUT2D eigenvalue weighted by atomic mass is 9.93. The smallest absolute Gasteiger partial charge is 0.248 e. The second-order valence-electron chi connectivity index (χ2n) is 11.6. The highest BCUT2D eigenvalue weighted by Crippen LogP contribution is 2.35. The van der Waals surface area contributed by atoms with Crippen molar-refractivity contribution in [1.82, 2.24) is 18.8 Å². The van der Waals surface area contributed by atoms with E-state index in [-0.39, 0.29) is 19.1 Å². The van der Waals surface area contributed by atoms with Crippen LogP contribution in [-0.2, 0) is 26.1 Å². The number of aryl methyl sites for hydroxylation is 2. The molecule has 5 rings (SSSR count). The first-order valence-corrected chi connectivity index (χ1v) is 16.4. The van der Waals surface area contributed by atoms with E-state index in [1.54, 1.807) is 38.0 Å². The number of anilines is 1. The molecule has 2 aliphatic rings. The fourth-order valence-electron chi connectivity index (χ4n) is 6.36. The number of likely N-dealkylation sites (N-methyl/N-ethyl adjacent to an activating group) is 1. The second kappa shape index (κ2) is 13.5. The van der Waals surface area contributed by atoms with Gasteiger partial charge in [-0.25, -0.2) is 8.42 Å². The van der Waals surface area contributed by atoms with E-state index in [0.29, 0.717) is 47.3 Å². The van der Waals surface area contributed by atoms with Crippen molar-refractivity contribution in [2.75, 3.05) is 58.5 Å². The molecule has 1 amide bonds. The van der Waals surface area contributed by atoms with Crippen molar-refractivity contribution < 1.29 is 22.7 Å². The topological polar surface area (TPSA) is 97.2 Å². The average Bonchev–Trinajstić information content (AvgIpc) is 3.49. The summed E-state index contributed by atoms with van der Waals surface area (Å²) in [7, 11) is -0.460. The summed E-state index contributed by atoms with van der Waals surface area (Å²) >= 11 is 0. The molecule has 232 valence electrons. The Balaban J connectivity index is 1.17. The standard InChI is InChI=1S/C32H43N5O5S/c1-24-20-28(41-4)21-25(2)32(24)43(39,40)37-19-18-36-14-5-6-29(36)30(37)22-42-23-31(38)34(3)15-9-26-10-16-35(17-11-26)27-7-12-33-13-8-27/h5-8,12-14,20-21,26,30H,9-11,15-19,22-23H2,1-4H3. The third-order valence-electron chi connectivity index (χ3n) is 8.79. The Morgan fingerprint density at radius 3 is 2.42 bits per heavy atom. The molecule has 43 heavy (non-hydrogen) atoms. The fraction of sp³-hybridized carbons (Fsp3) is 0.500. The zero-order valence-corrected chi connectivity index (χ0v) is 26.4. The Labute approximate surface area is 255 Å². The minimum atomic E-state index is -3.85. The molecule has 10 nitrogen and oxygen atoms in total. The number of benzene rings is 1. The normalized spacial score (nSPS) is 18.0. The van der Waals surface area contributed by atoms with Gasteiger partial charge in [0.15, 0.2) is 0 Å². The number of carbonyl (C=O) groups excluding carboxylic acids is 1. The van der Waals surface area contributed by atoms with Gasteiger partial charge in [-0.1, -0.05) is 0 Å². The first kappa shape index (κ1) is 31.0. The number of amides is 1. The van der Waals surface area contributed by atoms with Crippen LogP contribution in [0.1, 0.15) is 42.1 Å². The molecule has 0 bridgehead atoms. The van der Waals surface area contributed by atoms with E-state index in [1.807, 2.05) is 49.9 Å². The Morgan fingerprint density at radius 2 is 1.74 bits per heavy atom. The highest BCUT2D eigenvalue weighted by atomic mass is 32.2. The summed E-state index contributed by atoms with van der Waals surface area (Å²) in [5.41, 5.74) is 3.34. The van der Waals surface area contributed by atoms with E-state index in [0.717, 1.165) is 38.0 Å². The summed E-state index contributed by atoms with van der Waals surface area (Å²) in [6, 6.07) is 10.9. The molecule has 3 aromatic rings. The summed E-state index contributed by atoms with van der Waals surface area (Å²) in [6.45, 7) is 7.13. The molecule has 0 saturated carbocycles. The minimum Gasteiger partial charge on any atom is -0.497 e. The molecule has 0 aliphatic carbocycles. The van der Waals surface area contributed by atoms with Gasteiger partial charge in [0.1, 0.15) is 12.4 Å². The molecule has 1 fully saturated rings. The van der Waals surface area contributed by atoms with E-state index >= 15 is 0 Å². The SMILES string of the molecule is COc1cc(C)c(S(=O)(=O)N2CCn3cccc3C2COCC(=O)N(C)CCC2CCN(c3ccncc3)CC2)c(C)c1. The van der Waals surface area contributed by atoms with Crippen LogP contribution >= 0.6 is 0 Å². The van der Waals surface area contributed by atoms with Gasteiger partial charge in [0.05, 0.1) is 24.7 Å². The molecule has 0 N–H and O–H groups in total. The van der Waals surface area contributed by atoms with Crippen molar-refractivity contribution in [2.45, 2.75) is 50.6 Å². The van der Waals surface area contributed by atoms with Crippen LogP contribution < -0.4 is 9.64 Å². The molecule has 1 atom stereocenters. The van der Waals surface area contributed by atoms with Gasteiger partial charge in [-0.15, -0.1) is 0 Å². The van der Waals surface area contributed by atoms with Crippen molar-refractivity contribution >= 4 is 21.6 Å². The Kier molecular flexibility index (Phi) is 9.73.